The van der Waals surface area contributed by atoms with Gasteiger partial charge in [0.25, 0.3) is 5.69 Å². The molecule has 0 spiro atoms. The Bertz CT molecular complexity index is 730. The monoisotopic (exact) mass is 289 g/mol. The van der Waals surface area contributed by atoms with Crippen LogP contribution in [0.3, 0.4) is 0 Å². The molecule has 108 valence electrons. The highest BCUT2D eigenvalue weighted by Gasteiger charge is 2.23. The topological polar surface area (TPSA) is 95.7 Å². The third kappa shape index (κ3) is 2.40. The molecule has 0 aliphatic rings. The first-order valence-corrected chi connectivity index (χ1v) is 5.88. The van der Waals surface area contributed by atoms with Crippen LogP contribution in [0, 0.1) is 10.1 Å². The number of nitrogens with zero attached hydrogens (tertiary/aromatic N) is 1. The molecule has 2 rings (SSSR count). The number of fused-ring (bicyclic) bond motifs is 1. The van der Waals surface area contributed by atoms with Crippen LogP contribution in [0.25, 0.3) is 10.8 Å². The largest absolute Gasteiger partial charge is 0.465 e. The van der Waals surface area contributed by atoms with E-state index < -0.39 is 16.9 Å². The van der Waals surface area contributed by atoms with Gasteiger partial charge in [-0.15, -0.1) is 0 Å². The summed E-state index contributed by atoms with van der Waals surface area (Å²) in [7, 11) is 2.38. The highest BCUT2D eigenvalue weighted by molar-refractivity contribution is 6.15. The number of hydrogen-bond donors (Lipinski definition) is 0. The predicted octanol–water partition coefficient (Wildman–Crippen LogP) is 2.32. The molecule has 0 saturated carbocycles. The fourth-order valence-electron chi connectivity index (χ4n) is 2.11. The van der Waals surface area contributed by atoms with Gasteiger partial charge in [-0.1, -0.05) is 6.07 Å². The van der Waals surface area contributed by atoms with E-state index in [0.29, 0.717) is 0 Å². The number of methoxy groups -OCH3 is 2. The molecule has 21 heavy (non-hydrogen) atoms. The van der Waals surface area contributed by atoms with Crippen molar-refractivity contribution in [2.75, 3.05) is 14.2 Å². The normalized spacial score (nSPS) is 10.2. The van der Waals surface area contributed by atoms with E-state index in [4.69, 9.17) is 0 Å². The summed E-state index contributed by atoms with van der Waals surface area (Å²) in [5.74, 6) is -1.38. The average Bonchev–Trinajstić information content (AvgIpc) is 2.51. The molecular formula is C14H11NO6. The van der Waals surface area contributed by atoms with Crippen LogP contribution < -0.4 is 0 Å². The Kier molecular flexibility index (Phi) is 3.84. The molecule has 7 nitrogen and oxygen atoms in total. The summed E-state index contributed by atoms with van der Waals surface area (Å²) in [6, 6.07) is 6.85. The molecule has 0 aliphatic carbocycles. The van der Waals surface area contributed by atoms with Crippen LogP contribution in [0.2, 0.25) is 0 Å². The molecular weight excluding hydrogens is 278 g/mol. The molecule has 0 aliphatic heterocycles. The maximum atomic E-state index is 11.8. The molecule has 2 aromatic rings. The van der Waals surface area contributed by atoms with E-state index in [2.05, 4.69) is 9.47 Å². The molecule has 0 unspecified atom stereocenters. The van der Waals surface area contributed by atoms with Crippen molar-refractivity contribution >= 4 is 28.4 Å². The summed E-state index contributed by atoms with van der Waals surface area (Å²) in [5, 5.41) is 11.4. The van der Waals surface area contributed by atoms with Crippen LogP contribution in [-0.4, -0.2) is 31.1 Å². The molecule has 0 bridgehead atoms. The van der Waals surface area contributed by atoms with Crippen molar-refractivity contribution in [1.29, 1.82) is 0 Å². The molecule has 2 aromatic carbocycles. The third-order valence-electron chi connectivity index (χ3n) is 3.02. The second-order valence-electron chi connectivity index (χ2n) is 4.10. The Morgan fingerprint density at radius 2 is 1.57 bits per heavy atom. The SMILES string of the molecule is COC(=O)c1cccc2c([N+](=O)[O-])ccc(C(=O)OC)c12. The Morgan fingerprint density at radius 3 is 2.10 bits per heavy atom. The van der Waals surface area contributed by atoms with Crippen molar-refractivity contribution < 1.29 is 24.0 Å². The Balaban J connectivity index is 2.93. The van der Waals surface area contributed by atoms with Crippen molar-refractivity contribution in [3.8, 4) is 0 Å². The van der Waals surface area contributed by atoms with E-state index in [1.165, 1.54) is 44.6 Å². The quantitative estimate of drug-likeness (QED) is 0.489. The summed E-state index contributed by atoms with van der Waals surface area (Å²) in [4.78, 5) is 34.2. The molecule has 7 heteroatoms. The van der Waals surface area contributed by atoms with Gasteiger partial charge in [0.1, 0.15) is 0 Å². The van der Waals surface area contributed by atoms with E-state index >= 15 is 0 Å². The zero-order chi connectivity index (χ0) is 15.6. The van der Waals surface area contributed by atoms with Gasteiger partial charge in [0, 0.05) is 11.5 Å². The van der Waals surface area contributed by atoms with Gasteiger partial charge in [-0.2, -0.15) is 0 Å². The third-order valence-corrected chi connectivity index (χ3v) is 3.02. The lowest BCUT2D eigenvalue weighted by atomic mass is 9.98. The first-order chi connectivity index (χ1) is 10.0. The number of hydrogen-bond acceptors (Lipinski definition) is 6. The van der Waals surface area contributed by atoms with Crippen molar-refractivity contribution in [2.24, 2.45) is 0 Å². The van der Waals surface area contributed by atoms with Gasteiger partial charge in [-0.3, -0.25) is 10.1 Å². The average molecular weight is 289 g/mol. The highest BCUT2D eigenvalue weighted by Crippen LogP contribution is 2.31. The predicted molar refractivity (Wildman–Crippen MR) is 73.3 cm³/mol. The van der Waals surface area contributed by atoms with Gasteiger partial charge in [0.15, 0.2) is 0 Å². The van der Waals surface area contributed by atoms with Crippen LogP contribution in [0.1, 0.15) is 20.7 Å². The van der Waals surface area contributed by atoms with Gasteiger partial charge in [0.2, 0.25) is 0 Å². The number of non-ortho nitro benzene ring substituents is 1. The Hall–Kier alpha value is -2.96. The van der Waals surface area contributed by atoms with Gasteiger partial charge in [-0.05, 0) is 18.2 Å². The summed E-state index contributed by atoms with van der Waals surface area (Å²) >= 11 is 0. The van der Waals surface area contributed by atoms with E-state index in [0.717, 1.165) is 0 Å². The number of nitro benzene ring substituents is 1. The highest BCUT2D eigenvalue weighted by atomic mass is 16.6. The zero-order valence-electron chi connectivity index (χ0n) is 11.3. The molecule has 0 N–H and O–H groups in total. The minimum Gasteiger partial charge on any atom is -0.465 e. The number of ether oxygens (including phenoxy) is 2. The van der Waals surface area contributed by atoms with Crippen molar-refractivity contribution in [3.05, 3.63) is 51.6 Å². The first-order valence-electron chi connectivity index (χ1n) is 5.88. The number of carbonyl (C=O) groups excluding carboxylic acids is 2. The molecule has 0 saturated heterocycles. The van der Waals surface area contributed by atoms with E-state index in [1.54, 1.807) is 0 Å². The van der Waals surface area contributed by atoms with Crippen LogP contribution in [0.15, 0.2) is 30.3 Å². The molecule has 0 atom stereocenters. The molecule has 0 heterocycles. The molecule has 0 aromatic heterocycles. The summed E-state index contributed by atoms with van der Waals surface area (Å²) in [5.41, 5.74) is -0.0680. The lowest BCUT2D eigenvalue weighted by Gasteiger charge is -2.09. The lowest BCUT2D eigenvalue weighted by Crippen LogP contribution is -2.08. The first kappa shape index (κ1) is 14.4. The van der Waals surface area contributed by atoms with Crippen molar-refractivity contribution in [3.63, 3.8) is 0 Å². The summed E-state index contributed by atoms with van der Waals surface area (Å²) in [6.07, 6.45) is 0. The molecule has 0 fully saturated rings. The maximum absolute atomic E-state index is 11.8. The van der Waals surface area contributed by atoms with Crippen LogP contribution in [-0.2, 0) is 9.47 Å². The standard InChI is InChI=1S/C14H11NO6/c1-20-13(16)9-5-3-4-8-11(15(18)19)7-6-10(12(8)9)14(17)21-2/h3-7H,1-2H3. The van der Waals surface area contributed by atoms with Crippen LogP contribution >= 0.6 is 0 Å². The summed E-state index contributed by atoms with van der Waals surface area (Å²) in [6.45, 7) is 0. The number of carbonyl (C=O) groups is 2. The van der Waals surface area contributed by atoms with Crippen molar-refractivity contribution in [2.45, 2.75) is 0 Å². The van der Waals surface area contributed by atoms with Crippen molar-refractivity contribution in [1.82, 2.24) is 0 Å². The maximum Gasteiger partial charge on any atom is 0.338 e. The van der Waals surface area contributed by atoms with Gasteiger partial charge in [0.05, 0.1) is 35.7 Å². The number of esters is 2. The summed E-state index contributed by atoms with van der Waals surface area (Å²) < 4.78 is 9.30. The fraction of sp³-hybridized carbons (Fsp3) is 0.143. The van der Waals surface area contributed by atoms with E-state index in [1.807, 2.05) is 0 Å². The number of rotatable bonds is 3. The number of benzene rings is 2. The second kappa shape index (κ2) is 5.58. The number of nitro groups is 1. The molecule has 0 amide bonds. The fourth-order valence-corrected chi connectivity index (χ4v) is 2.11. The van der Waals surface area contributed by atoms with Crippen LogP contribution in [0.4, 0.5) is 5.69 Å². The minimum absolute atomic E-state index is 0.0686. The Morgan fingerprint density at radius 1 is 1.00 bits per heavy atom. The van der Waals surface area contributed by atoms with E-state index in [-0.39, 0.29) is 27.6 Å². The smallest absolute Gasteiger partial charge is 0.338 e. The Labute approximate surface area is 119 Å². The van der Waals surface area contributed by atoms with E-state index in [9.17, 15) is 19.7 Å². The van der Waals surface area contributed by atoms with Gasteiger partial charge < -0.3 is 9.47 Å². The van der Waals surface area contributed by atoms with Gasteiger partial charge >= 0.3 is 11.9 Å². The molecule has 0 radical (unpaired) electrons. The second-order valence-corrected chi connectivity index (χ2v) is 4.10. The minimum atomic E-state index is -0.689. The zero-order valence-corrected chi connectivity index (χ0v) is 11.3. The van der Waals surface area contributed by atoms with Crippen LogP contribution in [0.5, 0.6) is 0 Å². The lowest BCUT2D eigenvalue weighted by molar-refractivity contribution is -0.383. The van der Waals surface area contributed by atoms with Gasteiger partial charge in [-0.25, -0.2) is 9.59 Å².